The van der Waals surface area contributed by atoms with Crippen molar-refractivity contribution in [2.24, 2.45) is 5.92 Å². The van der Waals surface area contributed by atoms with Crippen molar-refractivity contribution in [1.29, 1.82) is 0 Å². The number of hydrogen-bond donors (Lipinski definition) is 1. The number of aromatic nitrogens is 2. The zero-order chi connectivity index (χ0) is 29.7. The van der Waals surface area contributed by atoms with Gasteiger partial charge in [0.05, 0.1) is 5.56 Å². The maximum atomic E-state index is 13.5. The van der Waals surface area contributed by atoms with Crippen molar-refractivity contribution in [2.75, 3.05) is 26.2 Å². The van der Waals surface area contributed by atoms with Crippen LogP contribution in [0.25, 0.3) is 0 Å². The minimum Gasteiger partial charge on any atom is -0.485 e. The van der Waals surface area contributed by atoms with Gasteiger partial charge in [-0.1, -0.05) is 51.9 Å². The lowest BCUT2D eigenvalue weighted by Crippen LogP contribution is -2.56. The van der Waals surface area contributed by atoms with Gasteiger partial charge in [-0.3, -0.25) is 9.59 Å². The second-order valence-electron chi connectivity index (χ2n) is 12.5. The Morgan fingerprint density at radius 2 is 1.62 bits per heavy atom. The van der Waals surface area contributed by atoms with Gasteiger partial charge in [-0.05, 0) is 45.2 Å². The van der Waals surface area contributed by atoms with Gasteiger partial charge >= 0.3 is 6.09 Å². The molecule has 0 bridgehead atoms. The standard InChI is InChI=1S/C29H43N5O6/c1-19(2)17-21(25(36)33-13-15-34(16-14-33)27(37)39-29(6,7)8)30-24(35)20-11-9-10-12-22(20)38-18-23-31-26(40-32-23)28(3,4)5/h9-12,19,21H,13-18H2,1-8H3,(H,30,35)/t21-/m1/s1. The predicted octanol–water partition coefficient (Wildman–Crippen LogP) is 4.17. The van der Waals surface area contributed by atoms with Crippen LogP contribution in [0, 0.1) is 5.92 Å². The highest BCUT2D eigenvalue weighted by molar-refractivity contribution is 5.99. The molecule has 1 aromatic heterocycles. The van der Waals surface area contributed by atoms with Gasteiger partial charge in [0.1, 0.15) is 17.4 Å². The molecule has 11 heteroatoms. The summed E-state index contributed by atoms with van der Waals surface area (Å²) < 4.78 is 16.7. The molecule has 1 aliphatic heterocycles. The molecule has 0 spiro atoms. The van der Waals surface area contributed by atoms with E-state index >= 15 is 0 Å². The van der Waals surface area contributed by atoms with E-state index in [0.717, 1.165) is 0 Å². The van der Waals surface area contributed by atoms with Gasteiger partial charge in [0.2, 0.25) is 17.6 Å². The van der Waals surface area contributed by atoms with Crippen LogP contribution in [0.1, 0.15) is 83.9 Å². The third-order valence-corrected chi connectivity index (χ3v) is 6.15. The topological polar surface area (TPSA) is 127 Å². The van der Waals surface area contributed by atoms with E-state index in [2.05, 4.69) is 15.5 Å². The molecule has 1 atom stereocenters. The van der Waals surface area contributed by atoms with Gasteiger partial charge < -0.3 is 29.1 Å². The van der Waals surface area contributed by atoms with Gasteiger partial charge in [0.25, 0.3) is 5.91 Å². The maximum absolute atomic E-state index is 13.5. The highest BCUT2D eigenvalue weighted by atomic mass is 16.6. The first-order chi connectivity index (χ1) is 18.6. The van der Waals surface area contributed by atoms with Crippen molar-refractivity contribution < 1.29 is 28.4 Å². The highest BCUT2D eigenvalue weighted by Gasteiger charge is 2.32. The van der Waals surface area contributed by atoms with Crippen LogP contribution in [0.5, 0.6) is 5.75 Å². The molecular formula is C29H43N5O6. The lowest BCUT2D eigenvalue weighted by Gasteiger charge is -2.37. The second-order valence-corrected chi connectivity index (χ2v) is 12.5. The minimum absolute atomic E-state index is 0.0279. The summed E-state index contributed by atoms with van der Waals surface area (Å²) in [6.07, 6.45) is 0.0805. The van der Waals surface area contributed by atoms with Crippen LogP contribution in [0.3, 0.4) is 0 Å². The zero-order valence-electron chi connectivity index (χ0n) is 24.9. The smallest absolute Gasteiger partial charge is 0.410 e. The van der Waals surface area contributed by atoms with Crippen LogP contribution in [-0.4, -0.2) is 75.7 Å². The fourth-order valence-corrected chi connectivity index (χ4v) is 4.12. The average Bonchev–Trinajstić information content (AvgIpc) is 3.35. The summed E-state index contributed by atoms with van der Waals surface area (Å²) in [5.74, 6) is 0.803. The van der Waals surface area contributed by atoms with E-state index in [1.807, 2.05) is 55.4 Å². The van der Waals surface area contributed by atoms with E-state index < -0.39 is 23.6 Å². The van der Waals surface area contributed by atoms with Crippen LogP contribution in [-0.2, 0) is 21.6 Å². The van der Waals surface area contributed by atoms with E-state index in [0.29, 0.717) is 55.6 Å². The summed E-state index contributed by atoms with van der Waals surface area (Å²) in [6.45, 7) is 16.9. The Morgan fingerprint density at radius 3 is 2.20 bits per heavy atom. The molecule has 0 radical (unpaired) electrons. The summed E-state index contributed by atoms with van der Waals surface area (Å²) in [6, 6.07) is 6.12. The van der Waals surface area contributed by atoms with Crippen LogP contribution in [0.4, 0.5) is 4.79 Å². The monoisotopic (exact) mass is 557 g/mol. The summed E-state index contributed by atoms with van der Waals surface area (Å²) in [4.78, 5) is 47.0. The van der Waals surface area contributed by atoms with E-state index in [1.54, 1.807) is 34.1 Å². The Hall–Kier alpha value is -3.63. The number of piperazine rings is 1. The summed E-state index contributed by atoms with van der Waals surface area (Å²) in [7, 11) is 0. The molecular weight excluding hydrogens is 514 g/mol. The number of para-hydroxylation sites is 1. The number of nitrogens with one attached hydrogen (secondary N) is 1. The molecule has 40 heavy (non-hydrogen) atoms. The van der Waals surface area contributed by atoms with Crippen LogP contribution in [0.2, 0.25) is 0 Å². The number of nitrogens with zero attached hydrogens (tertiary/aromatic N) is 4. The molecule has 0 unspecified atom stereocenters. The van der Waals surface area contributed by atoms with E-state index in [9.17, 15) is 14.4 Å². The van der Waals surface area contributed by atoms with Crippen molar-refractivity contribution in [2.45, 2.75) is 85.5 Å². The molecule has 0 aliphatic carbocycles. The molecule has 1 saturated heterocycles. The number of ether oxygens (including phenoxy) is 2. The van der Waals surface area contributed by atoms with Crippen molar-refractivity contribution in [3.63, 3.8) is 0 Å². The van der Waals surface area contributed by atoms with Crippen molar-refractivity contribution in [3.05, 3.63) is 41.5 Å². The molecule has 2 aromatic rings. The first-order valence-corrected chi connectivity index (χ1v) is 13.8. The number of amides is 3. The molecule has 1 aliphatic rings. The Morgan fingerprint density at radius 1 is 1.00 bits per heavy atom. The highest BCUT2D eigenvalue weighted by Crippen LogP contribution is 2.23. The van der Waals surface area contributed by atoms with Crippen molar-refractivity contribution in [3.8, 4) is 5.75 Å². The van der Waals surface area contributed by atoms with Crippen LogP contribution < -0.4 is 10.1 Å². The fraction of sp³-hybridized carbons (Fsp3) is 0.621. The number of carbonyl (C=O) groups is 3. The van der Waals surface area contributed by atoms with Gasteiger partial charge in [0, 0.05) is 31.6 Å². The van der Waals surface area contributed by atoms with Crippen LogP contribution in [0.15, 0.2) is 28.8 Å². The molecule has 3 amide bonds. The molecule has 1 aromatic carbocycles. The summed E-state index contributed by atoms with van der Waals surface area (Å²) in [5, 5.41) is 6.89. The fourth-order valence-electron chi connectivity index (χ4n) is 4.12. The largest absolute Gasteiger partial charge is 0.485 e. The summed E-state index contributed by atoms with van der Waals surface area (Å²) >= 11 is 0. The third kappa shape index (κ3) is 8.69. The Balaban J connectivity index is 1.65. The van der Waals surface area contributed by atoms with E-state index in [-0.39, 0.29) is 23.8 Å². The van der Waals surface area contributed by atoms with Gasteiger partial charge in [-0.2, -0.15) is 4.98 Å². The maximum Gasteiger partial charge on any atom is 0.410 e. The van der Waals surface area contributed by atoms with E-state index in [1.165, 1.54) is 0 Å². The first-order valence-electron chi connectivity index (χ1n) is 13.8. The lowest BCUT2D eigenvalue weighted by molar-refractivity contribution is -0.135. The van der Waals surface area contributed by atoms with Gasteiger partial charge in [-0.25, -0.2) is 4.79 Å². The number of carbonyl (C=O) groups excluding carboxylic acids is 3. The van der Waals surface area contributed by atoms with Crippen molar-refractivity contribution in [1.82, 2.24) is 25.3 Å². The zero-order valence-corrected chi connectivity index (χ0v) is 24.9. The third-order valence-electron chi connectivity index (χ3n) is 6.15. The normalized spacial score (nSPS) is 15.1. The van der Waals surface area contributed by atoms with Crippen molar-refractivity contribution >= 4 is 17.9 Å². The Labute approximate surface area is 236 Å². The Bertz CT molecular complexity index is 1170. The van der Waals surface area contributed by atoms with Gasteiger partial charge in [-0.15, -0.1) is 0 Å². The summed E-state index contributed by atoms with van der Waals surface area (Å²) in [5.41, 5.74) is -0.570. The molecule has 1 fully saturated rings. The van der Waals surface area contributed by atoms with Gasteiger partial charge in [0.15, 0.2) is 6.61 Å². The molecule has 3 rings (SSSR count). The first kappa shape index (κ1) is 30.9. The molecule has 1 N–H and O–H groups in total. The number of benzene rings is 1. The van der Waals surface area contributed by atoms with Crippen LogP contribution >= 0.6 is 0 Å². The van der Waals surface area contributed by atoms with E-state index in [4.69, 9.17) is 14.0 Å². The molecule has 2 heterocycles. The molecule has 11 nitrogen and oxygen atoms in total. The average molecular weight is 558 g/mol. The lowest BCUT2D eigenvalue weighted by atomic mass is 9.97. The SMILES string of the molecule is CC(C)C[C@@H](NC(=O)c1ccccc1OCc1noc(C(C)(C)C)n1)C(=O)N1CCN(C(=O)OC(C)(C)C)CC1. The molecule has 220 valence electrons. The second kappa shape index (κ2) is 12.7. The number of hydrogen-bond acceptors (Lipinski definition) is 8. The number of rotatable bonds is 8. The quantitative estimate of drug-likeness (QED) is 0.512. The predicted molar refractivity (Wildman–Crippen MR) is 149 cm³/mol. The Kier molecular flexibility index (Phi) is 9.81. The molecule has 0 saturated carbocycles. The minimum atomic E-state index is -0.722.